The van der Waals surface area contributed by atoms with Gasteiger partial charge in [0.2, 0.25) is 0 Å². The van der Waals surface area contributed by atoms with Gasteiger partial charge in [0.05, 0.1) is 5.02 Å². The first-order valence-electron chi connectivity index (χ1n) is 5.41. The molecule has 0 aliphatic heterocycles. The van der Waals surface area contributed by atoms with Crippen molar-refractivity contribution in [2.24, 2.45) is 5.11 Å². The number of azide groups is 1. The molecule has 0 aliphatic rings. The molecule has 0 aliphatic carbocycles. The van der Waals surface area contributed by atoms with Gasteiger partial charge in [0, 0.05) is 10.6 Å². The van der Waals surface area contributed by atoms with Crippen molar-refractivity contribution in [1.82, 2.24) is 0 Å². The third-order valence-electron chi connectivity index (χ3n) is 2.36. The lowest BCUT2D eigenvalue weighted by Gasteiger charge is -2.08. The maximum Gasteiger partial charge on any atom is 0.138 e. The predicted molar refractivity (Wildman–Crippen MR) is 71.0 cm³/mol. The molecule has 19 heavy (non-hydrogen) atoms. The Morgan fingerprint density at radius 2 is 2.11 bits per heavy atom. The lowest BCUT2D eigenvalue weighted by Crippen LogP contribution is -1.96. The molecule has 0 aromatic heterocycles. The zero-order chi connectivity index (χ0) is 13.7. The Labute approximate surface area is 114 Å². The number of ether oxygens (including phenoxy) is 1. The number of halogens is 2. The second-order valence-corrected chi connectivity index (χ2v) is 4.13. The highest BCUT2D eigenvalue weighted by molar-refractivity contribution is 6.32. The Morgan fingerprint density at radius 3 is 2.79 bits per heavy atom. The zero-order valence-corrected chi connectivity index (χ0v) is 10.5. The average molecular weight is 278 g/mol. The lowest BCUT2D eigenvalue weighted by molar-refractivity contribution is 0.306. The van der Waals surface area contributed by atoms with Crippen molar-refractivity contribution in [3.63, 3.8) is 0 Å². The summed E-state index contributed by atoms with van der Waals surface area (Å²) in [5.41, 5.74) is 9.42. The number of nitrogens with zero attached hydrogens (tertiary/aromatic N) is 3. The Bertz CT molecular complexity index is 642. The molecule has 0 radical (unpaired) electrons. The first-order chi connectivity index (χ1) is 9.19. The average Bonchev–Trinajstić information content (AvgIpc) is 2.38. The van der Waals surface area contributed by atoms with Crippen LogP contribution in [0, 0.1) is 5.82 Å². The summed E-state index contributed by atoms with van der Waals surface area (Å²) >= 11 is 5.98. The van der Waals surface area contributed by atoms with Gasteiger partial charge in [-0.3, -0.25) is 0 Å². The van der Waals surface area contributed by atoms with Crippen molar-refractivity contribution in [2.75, 3.05) is 0 Å². The summed E-state index contributed by atoms with van der Waals surface area (Å²) in [6.07, 6.45) is 0. The molecular weight excluding hydrogens is 269 g/mol. The molecule has 0 bridgehead atoms. The second kappa shape index (κ2) is 6.09. The van der Waals surface area contributed by atoms with Crippen molar-refractivity contribution in [1.29, 1.82) is 0 Å². The summed E-state index contributed by atoms with van der Waals surface area (Å²) < 4.78 is 18.5. The van der Waals surface area contributed by atoms with Gasteiger partial charge in [-0.1, -0.05) is 28.8 Å². The van der Waals surface area contributed by atoms with Gasteiger partial charge in [0.1, 0.15) is 18.2 Å². The molecule has 0 saturated carbocycles. The molecule has 0 heterocycles. The van der Waals surface area contributed by atoms with Crippen LogP contribution in [-0.4, -0.2) is 0 Å². The van der Waals surface area contributed by atoms with Gasteiger partial charge in [0.25, 0.3) is 0 Å². The molecule has 4 nitrogen and oxygen atoms in total. The number of hydrogen-bond acceptors (Lipinski definition) is 2. The number of hydrogen-bond donors (Lipinski definition) is 0. The summed E-state index contributed by atoms with van der Waals surface area (Å²) in [5.74, 6) is 0.133. The summed E-state index contributed by atoms with van der Waals surface area (Å²) in [5, 5.41) is 3.76. The Hall–Kier alpha value is -2.23. The van der Waals surface area contributed by atoms with Crippen molar-refractivity contribution in [3.8, 4) is 5.75 Å². The van der Waals surface area contributed by atoms with Crippen molar-refractivity contribution < 1.29 is 9.13 Å². The van der Waals surface area contributed by atoms with E-state index in [0.717, 1.165) is 0 Å². The van der Waals surface area contributed by atoms with Crippen LogP contribution in [-0.2, 0) is 6.61 Å². The highest BCUT2D eigenvalue weighted by Gasteiger charge is 2.03. The summed E-state index contributed by atoms with van der Waals surface area (Å²) in [4.78, 5) is 2.66. The van der Waals surface area contributed by atoms with Gasteiger partial charge in [-0.2, -0.15) is 0 Å². The van der Waals surface area contributed by atoms with Crippen LogP contribution >= 0.6 is 11.6 Å². The Balaban J connectivity index is 2.09. The molecule has 2 aromatic carbocycles. The molecule has 0 N–H and O–H groups in total. The van der Waals surface area contributed by atoms with Crippen LogP contribution in [0.15, 0.2) is 47.6 Å². The number of rotatable bonds is 4. The largest absolute Gasteiger partial charge is 0.487 e. The van der Waals surface area contributed by atoms with Crippen LogP contribution in [0.3, 0.4) is 0 Å². The molecule has 0 unspecified atom stereocenters. The topological polar surface area (TPSA) is 58.0 Å². The van der Waals surface area contributed by atoms with E-state index in [1.54, 1.807) is 24.3 Å². The molecular formula is C13H9ClFN3O. The minimum atomic E-state index is -0.314. The number of benzene rings is 2. The van der Waals surface area contributed by atoms with Gasteiger partial charge in [0.15, 0.2) is 0 Å². The lowest BCUT2D eigenvalue weighted by atomic mass is 10.2. The zero-order valence-electron chi connectivity index (χ0n) is 9.75. The van der Waals surface area contributed by atoms with Crippen molar-refractivity contribution in [2.45, 2.75) is 6.61 Å². The minimum absolute atomic E-state index is 0.207. The van der Waals surface area contributed by atoms with Crippen LogP contribution < -0.4 is 4.74 Å². The standard InChI is InChI=1S/C13H9ClFN3O/c14-12-7-11(17-18-16)4-5-13(12)19-8-9-2-1-3-10(15)6-9/h1-7H,8H2. The maximum atomic E-state index is 13.0. The molecule has 0 fully saturated rings. The fourth-order valence-corrected chi connectivity index (χ4v) is 1.74. The smallest absolute Gasteiger partial charge is 0.138 e. The molecule has 0 atom stereocenters. The summed E-state index contributed by atoms with van der Waals surface area (Å²) in [6, 6.07) is 10.8. The quantitative estimate of drug-likeness (QED) is 0.441. The fraction of sp³-hybridized carbons (Fsp3) is 0.0769. The van der Waals surface area contributed by atoms with E-state index < -0.39 is 0 Å². The third kappa shape index (κ3) is 3.61. The molecule has 96 valence electrons. The van der Waals surface area contributed by atoms with Gasteiger partial charge >= 0.3 is 0 Å². The highest BCUT2D eigenvalue weighted by atomic mass is 35.5. The molecule has 0 spiro atoms. The van der Waals surface area contributed by atoms with Crippen LogP contribution in [0.25, 0.3) is 10.4 Å². The first-order valence-corrected chi connectivity index (χ1v) is 5.79. The summed E-state index contributed by atoms with van der Waals surface area (Å²) in [6.45, 7) is 0.207. The van der Waals surface area contributed by atoms with Gasteiger partial charge in [-0.15, -0.1) is 0 Å². The van der Waals surface area contributed by atoms with E-state index in [-0.39, 0.29) is 12.4 Å². The molecule has 0 amide bonds. The van der Waals surface area contributed by atoms with E-state index in [1.807, 2.05) is 0 Å². The maximum absolute atomic E-state index is 13.0. The second-order valence-electron chi connectivity index (χ2n) is 3.72. The normalized spacial score (nSPS) is 9.79. The first kappa shape index (κ1) is 13.2. The van der Waals surface area contributed by atoms with E-state index in [2.05, 4.69) is 10.0 Å². The predicted octanol–water partition coefficient (Wildman–Crippen LogP) is 5.00. The van der Waals surface area contributed by atoms with E-state index in [4.69, 9.17) is 21.9 Å². The SMILES string of the molecule is [N-]=[N+]=Nc1ccc(OCc2cccc(F)c2)c(Cl)c1. The Kier molecular flexibility index (Phi) is 4.23. The fourth-order valence-electron chi connectivity index (χ4n) is 1.51. The van der Waals surface area contributed by atoms with E-state index in [1.165, 1.54) is 18.2 Å². The van der Waals surface area contributed by atoms with E-state index in [9.17, 15) is 4.39 Å². The molecule has 2 rings (SSSR count). The van der Waals surface area contributed by atoms with Crippen LogP contribution in [0.5, 0.6) is 5.75 Å². The van der Waals surface area contributed by atoms with Gasteiger partial charge in [-0.05, 0) is 41.4 Å². The summed E-state index contributed by atoms with van der Waals surface area (Å²) in [7, 11) is 0. The molecule has 6 heteroatoms. The monoisotopic (exact) mass is 277 g/mol. The van der Waals surface area contributed by atoms with Crippen molar-refractivity contribution in [3.05, 3.63) is 69.3 Å². The van der Waals surface area contributed by atoms with Gasteiger partial charge < -0.3 is 4.74 Å². The molecule has 2 aromatic rings. The van der Waals surface area contributed by atoms with Crippen LogP contribution in [0.2, 0.25) is 5.02 Å². The third-order valence-corrected chi connectivity index (χ3v) is 2.65. The van der Waals surface area contributed by atoms with Gasteiger partial charge in [-0.25, -0.2) is 4.39 Å². The highest BCUT2D eigenvalue weighted by Crippen LogP contribution is 2.29. The Morgan fingerprint density at radius 1 is 1.26 bits per heavy atom. The van der Waals surface area contributed by atoms with E-state index >= 15 is 0 Å². The van der Waals surface area contributed by atoms with Crippen LogP contribution in [0.4, 0.5) is 10.1 Å². The minimum Gasteiger partial charge on any atom is -0.487 e. The van der Waals surface area contributed by atoms with Crippen molar-refractivity contribution >= 4 is 17.3 Å². The van der Waals surface area contributed by atoms with Crippen LogP contribution in [0.1, 0.15) is 5.56 Å². The van der Waals surface area contributed by atoms with E-state index in [0.29, 0.717) is 22.0 Å². The molecule has 0 saturated heterocycles.